The summed E-state index contributed by atoms with van der Waals surface area (Å²) in [6.07, 6.45) is 0.200. The Bertz CT molecular complexity index is 807. The molecule has 0 spiro atoms. The fraction of sp³-hybridized carbons (Fsp3) is 0.118. The number of ketones is 1. The zero-order valence-electron chi connectivity index (χ0n) is 11.3. The third-order valence-corrected chi connectivity index (χ3v) is 3.52. The average molecular weight is 283 g/mol. The number of fused-ring (bicyclic) bond motifs is 1. The summed E-state index contributed by atoms with van der Waals surface area (Å²) >= 11 is 0. The van der Waals surface area contributed by atoms with E-state index in [4.69, 9.17) is 0 Å². The summed E-state index contributed by atoms with van der Waals surface area (Å²) < 4.78 is 13.2. The molecule has 21 heavy (non-hydrogen) atoms. The Hall–Kier alpha value is -2.46. The number of halogens is 1. The number of aliphatic hydroxyl groups is 1. The molecule has 1 heterocycles. The second kappa shape index (κ2) is 5.50. The van der Waals surface area contributed by atoms with Crippen LogP contribution in [0.4, 0.5) is 4.39 Å². The number of rotatable bonds is 4. The highest BCUT2D eigenvalue weighted by molar-refractivity contribution is 6.00. The van der Waals surface area contributed by atoms with E-state index in [9.17, 15) is 14.3 Å². The molecule has 0 atom stereocenters. The molecule has 0 aliphatic carbocycles. The van der Waals surface area contributed by atoms with E-state index in [1.807, 2.05) is 18.2 Å². The van der Waals surface area contributed by atoms with Crippen molar-refractivity contribution in [3.05, 3.63) is 71.2 Å². The topological polar surface area (TPSA) is 53.1 Å². The maximum Gasteiger partial charge on any atom is 0.183 e. The van der Waals surface area contributed by atoms with E-state index in [1.165, 1.54) is 12.1 Å². The second-order valence-electron chi connectivity index (χ2n) is 4.94. The Morgan fingerprint density at radius 2 is 1.86 bits per heavy atom. The van der Waals surface area contributed by atoms with Crippen molar-refractivity contribution in [2.45, 2.75) is 13.0 Å². The number of nitrogens with one attached hydrogen (secondary N) is 1. The SMILES string of the molecule is O=C(Cc1ccccc1CO)c1cc2cc(F)ccc2[nH]1. The Kier molecular flexibility index (Phi) is 3.54. The lowest BCUT2D eigenvalue weighted by molar-refractivity contribution is 0.0988. The number of aliphatic hydroxyl groups excluding tert-OH is 1. The minimum absolute atomic E-state index is 0.0903. The van der Waals surface area contributed by atoms with Crippen molar-refractivity contribution >= 4 is 16.7 Å². The molecule has 2 N–H and O–H groups in total. The third-order valence-electron chi connectivity index (χ3n) is 3.52. The van der Waals surface area contributed by atoms with Gasteiger partial charge in [-0.2, -0.15) is 0 Å². The largest absolute Gasteiger partial charge is 0.392 e. The van der Waals surface area contributed by atoms with Gasteiger partial charge in [-0.05, 0) is 35.4 Å². The maximum absolute atomic E-state index is 13.2. The molecule has 106 valence electrons. The molecule has 0 saturated carbocycles. The van der Waals surface area contributed by atoms with Gasteiger partial charge in [0.25, 0.3) is 0 Å². The van der Waals surface area contributed by atoms with Crippen LogP contribution in [-0.4, -0.2) is 15.9 Å². The second-order valence-corrected chi connectivity index (χ2v) is 4.94. The Labute approximate surface area is 121 Å². The van der Waals surface area contributed by atoms with E-state index < -0.39 is 0 Å². The minimum Gasteiger partial charge on any atom is -0.392 e. The first-order chi connectivity index (χ1) is 10.2. The highest BCUT2D eigenvalue weighted by Gasteiger charge is 2.12. The first kappa shape index (κ1) is 13.5. The molecule has 0 bridgehead atoms. The van der Waals surface area contributed by atoms with E-state index in [0.29, 0.717) is 11.1 Å². The number of aromatic nitrogens is 1. The van der Waals surface area contributed by atoms with E-state index in [0.717, 1.165) is 16.6 Å². The normalized spacial score (nSPS) is 11.0. The number of benzene rings is 2. The van der Waals surface area contributed by atoms with Crippen LogP contribution in [0, 0.1) is 5.82 Å². The number of carbonyl (C=O) groups excluding carboxylic acids is 1. The van der Waals surface area contributed by atoms with Crippen LogP contribution in [0.1, 0.15) is 21.6 Å². The van der Waals surface area contributed by atoms with Gasteiger partial charge in [-0.25, -0.2) is 4.39 Å². The Morgan fingerprint density at radius 1 is 1.10 bits per heavy atom. The summed E-state index contributed by atoms with van der Waals surface area (Å²) in [5, 5.41) is 9.96. The molecule has 0 aliphatic rings. The molecule has 3 nitrogen and oxygen atoms in total. The summed E-state index contributed by atoms with van der Waals surface area (Å²) in [5.41, 5.74) is 2.72. The minimum atomic E-state index is -0.328. The van der Waals surface area contributed by atoms with Crippen molar-refractivity contribution in [1.29, 1.82) is 0 Å². The molecule has 0 saturated heterocycles. The highest BCUT2D eigenvalue weighted by Crippen LogP contribution is 2.19. The molecule has 2 aromatic carbocycles. The number of aromatic amines is 1. The Balaban J connectivity index is 1.90. The molecule has 0 amide bonds. The molecule has 0 aliphatic heterocycles. The quantitative estimate of drug-likeness (QED) is 0.722. The first-order valence-electron chi connectivity index (χ1n) is 6.66. The van der Waals surface area contributed by atoms with E-state index in [2.05, 4.69) is 4.98 Å². The van der Waals surface area contributed by atoms with Gasteiger partial charge in [-0.3, -0.25) is 4.79 Å². The van der Waals surface area contributed by atoms with Gasteiger partial charge in [0, 0.05) is 17.3 Å². The third kappa shape index (κ3) is 2.71. The van der Waals surface area contributed by atoms with Gasteiger partial charge in [0.05, 0.1) is 12.3 Å². The fourth-order valence-electron chi connectivity index (χ4n) is 2.41. The standard InChI is InChI=1S/C17H14FNO2/c18-14-5-6-15-13(7-14)8-16(19-15)17(21)9-11-3-1-2-4-12(11)10-20/h1-8,19-20H,9-10H2. The van der Waals surface area contributed by atoms with Gasteiger partial charge in [0.2, 0.25) is 0 Å². The summed E-state index contributed by atoms with van der Waals surface area (Å²) in [4.78, 5) is 15.3. The molecular formula is C17H14FNO2. The lowest BCUT2D eigenvalue weighted by Gasteiger charge is -2.05. The summed E-state index contributed by atoms with van der Waals surface area (Å²) in [6.45, 7) is -0.0959. The maximum atomic E-state index is 13.2. The van der Waals surface area contributed by atoms with Crippen molar-refractivity contribution in [3.63, 3.8) is 0 Å². The van der Waals surface area contributed by atoms with Crippen LogP contribution >= 0.6 is 0 Å². The predicted molar refractivity (Wildman–Crippen MR) is 78.7 cm³/mol. The number of carbonyl (C=O) groups is 1. The van der Waals surface area contributed by atoms with E-state index >= 15 is 0 Å². The van der Waals surface area contributed by atoms with Crippen LogP contribution < -0.4 is 0 Å². The monoisotopic (exact) mass is 283 g/mol. The van der Waals surface area contributed by atoms with Gasteiger partial charge in [-0.1, -0.05) is 24.3 Å². The average Bonchev–Trinajstić information content (AvgIpc) is 2.91. The van der Waals surface area contributed by atoms with Gasteiger partial charge in [0.1, 0.15) is 5.82 Å². The van der Waals surface area contributed by atoms with Crippen molar-refractivity contribution in [2.75, 3.05) is 0 Å². The summed E-state index contributed by atoms with van der Waals surface area (Å²) in [6, 6.07) is 13.3. The molecule has 3 aromatic rings. The smallest absolute Gasteiger partial charge is 0.183 e. The van der Waals surface area contributed by atoms with Crippen LogP contribution in [0.2, 0.25) is 0 Å². The van der Waals surface area contributed by atoms with Crippen molar-refractivity contribution in [1.82, 2.24) is 4.98 Å². The van der Waals surface area contributed by atoms with Crippen LogP contribution in [0.3, 0.4) is 0 Å². The van der Waals surface area contributed by atoms with Crippen LogP contribution in [0.5, 0.6) is 0 Å². The zero-order chi connectivity index (χ0) is 14.8. The van der Waals surface area contributed by atoms with Gasteiger partial charge >= 0.3 is 0 Å². The van der Waals surface area contributed by atoms with Crippen LogP contribution in [0.25, 0.3) is 10.9 Å². The zero-order valence-corrected chi connectivity index (χ0v) is 11.3. The highest BCUT2D eigenvalue weighted by atomic mass is 19.1. The van der Waals surface area contributed by atoms with E-state index in [1.54, 1.807) is 18.2 Å². The van der Waals surface area contributed by atoms with Crippen molar-refractivity contribution in [2.24, 2.45) is 0 Å². The van der Waals surface area contributed by atoms with E-state index in [-0.39, 0.29) is 24.6 Å². The number of H-pyrrole nitrogens is 1. The van der Waals surface area contributed by atoms with Gasteiger partial charge in [0.15, 0.2) is 5.78 Å². The molecule has 0 unspecified atom stereocenters. The molecular weight excluding hydrogens is 269 g/mol. The fourth-order valence-corrected chi connectivity index (χ4v) is 2.41. The Morgan fingerprint density at radius 3 is 2.62 bits per heavy atom. The van der Waals surface area contributed by atoms with Crippen molar-refractivity contribution in [3.8, 4) is 0 Å². The van der Waals surface area contributed by atoms with Crippen LogP contribution in [0.15, 0.2) is 48.5 Å². The molecule has 4 heteroatoms. The number of Topliss-reactive ketones (excluding diaryl/α,β-unsaturated/α-hetero) is 1. The number of hydrogen-bond acceptors (Lipinski definition) is 2. The number of hydrogen-bond donors (Lipinski definition) is 2. The summed E-state index contributed by atoms with van der Waals surface area (Å²) in [7, 11) is 0. The first-order valence-corrected chi connectivity index (χ1v) is 6.66. The predicted octanol–water partition coefficient (Wildman–Crippen LogP) is 3.22. The van der Waals surface area contributed by atoms with Crippen molar-refractivity contribution < 1.29 is 14.3 Å². The molecule has 0 fully saturated rings. The van der Waals surface area contributed by atoms with Gasteiger partial charge in [-0.15, -0.1) is 0 Å². The molecule has 1 aromatic heterocycles. The summed E-state index contributed by atoms with van der Waals surface area (Å²) in [5.74, 6) is -0.418. The van der Waals surface area contributed by atoms with Crippen LogP contribution in [-0.2, 0) is 13.0 Å². The van der Waals surface area contributed by atoms with Gasteiger partial charge < -0.3 is 10.1 Å². The molecule has 3 rings (SSSR count). The lowest BCUT2D eigenvalue weighted by Crippen LogP contribution is -2.06. The lowest BCUT2D eigenvalue weighted by atomic mass is 10.0. The molecule has 0 radical (unpaired) electrons.